The van der Waals surface area contributed by atoms with Crippen molar-refractivity contribution in [1.29, 1.82) is 0 Å². The summed E-state index contributed by atoms with van der Waals surface area (Å²) >= 11 is 0. The van der Waals surface area contributed by atoms with Crippen LogP contribution < -0.4 is 23.7 Å². The SMILES string of the molecule is COc1cc2c(cc1OC)[C@H](C(=O)c1ccccc1)[C@@H](c1ccc(OC(C)=O)cc1)[C@@H]1c3cc(OC(C)=O)cc(OC(C)=O)c3C(C)=N[C@H]21. The van der Waals surface area contributed by atoms with Gasteiger partial charge in [0, 0.05) is 55.5 Å². The van der Waals surface area contributed by atoms with Gasteiger partial charge in [-0.1, -0.05) is 42.5 Å². The molecule has 0 unspecified atom stereocenters. The number of fused-ring (bicyclic) bond motifs is 5. The number of ketones is 1. The van der Waals surface area contributed by atoms with E-state index in [1.807, 2.05) is 49.4 Å². The van der Waals surface area contributed by atoms with Gasteiger partial charge in [-0.2, -0.15) is 0 Å². The second kappa shape index (κ2) is 13.4. The maximum absolute atomic E-state index is 14.9. The van der Waals surface area contributed by atoms with Crippen LogP contribution in [0.2, 0.25) is 0 Å². The van der Waals surface area contributed by atoms with Crippen molar-refractivity contribution in [1.82, 2.24) is 0 Å². The first-order valence-electron chi connectivity index (χ1n) is 15.7. The van der Waals surface area contributed by atoms with Crippen molar-refractivity contribution in [2.75, 3.05) is 14.2 Å². The van der Waals surface area contributed by atoms with Crippen molar-refractivity contribution in [3.05, 3.63) is 112 Å². The Morgan fingerprint density at radius 1 is 0.612 bits per heavy atom. The van der Waals surface area contributed by atoms with Gasteiger partial charge in [0.05, 0.1) is 26.2 Å². The molecule has 10 nitrogen and oxygen atoms in total. The van der Waals surface area contributed by atoms with Gasteiger partial charge in [-0.05, 0) is 59.5 Å². The van der Waals surface area contributed by atoms with E-state index in [4.69, 9.17) is 28.7 Å². The van der Waals surface area contributed by atoms with E-state index >= 15 is 0 Å². The van der Waals surface area contributed by atoms with Gasteiger partial charge in [0.15, 0.2) is 17.3 Å². The van der Waals surface area contributed by atoms with Crippen molar-refractivity contribution in [3.8, 4) is 28.7 Å². The molecule has 0 saturated heterocycles. The summed E-state index contributed by atoms with van der Waals surface area (Å²) < 4.78 is 28.1. The lowest BCUT2D eigenvalue weighted by atomic mass is 9.59. The minimum absolute atomic E-state index is 0.134. The van der Waals surface area contributed by atoms with Crippen molar-refractivity contribution in [2.45, 2.75) is 51.5 Å². The number of hydrogen-bond acceptors (Lipinski definition) is 10. The number of benzene rings is 4. The second-order valence-electron chi connectivity index (χ2n) is 12.0. The lowest BCUT2D eigenvalue weighted by molar-refractivity contribution is -0.133. The Labute approximate surface area is 283 Å². The zero-order valence-corrected chi connectivity index (χ0v) is 27.9. The number of ether oxygens (including phenoxy) is 5. The average Bonchev–Trinajstić information content (AvgIpc) is 3.06. The van der Waals surface area contributed by atoms with Crippen molar-refractivity contribution >= 4 is 29.4 Å². The molecule has 1 aliphatic heterocycles. The molecule has 2 aliphatic rings. The summed E-state index contributed by atoms with van der Waals surface area (Å²) in [6.45, 7) is 5.74. The fourth-order valence-corrected chi connectivity index (χ4v) is 7.14. The van der Waals surface area contributed by atoms with E-state index in [0.717, 1.165) is 16.7 Å². The number of methoxy groups -OCH3 is 2. The van der Waals surface area contributed by atoms with Gasteiger partial charge in [0.2, 0.25) is 0 Å². The molecule has 0 aromatic heterocycles. The van der Waals surface area contributed by atoms with Crippen LogP contribution in [0.3, 0.4) is 0 Å². The quantitative estimate of drug-likeness (QED) is 0.113. The third-order valence-corrected chi connectivity index (χ3v) is 8.87. The first kappa shape index (κ1) is 33.1. The highest BCUT2D eigenvalue weighted by molar-refractivity contribution is 6.06. The fraction of sp³-hybridized carbons (Fsp3) is 0.256. The molecule has 4 aromatic rings. The Kier molecular flexibility index (Phi) is 9.05. The zero-order chi connectivity index (χ0) is 35.0. The van der Waals surface area contributed by atoms with Crippen LogP contribution in [0.15, 0.2) is 83.9 Å². The molecule has 10 heteroatoms. The summed E-state index contributed by atoms with van der Waals surface area (Å²) in [6.07, 6.45) is 0. The molecular weight excluding hydrogens is 626 g/mol. The Morgan fingerprint density at radius 2 is 1.20 bits per heavy atom. The van der Waals surface area contributed by atoms with Crippen LogP contribution in [-0.2, 0) is 14.4 Å². The molecule has 4 atom stereocenters. The van der Waals surface area contributed by atoms with E-state index in [1.54, 1.807) is 44.6 Å². The summed E-state index contributed by atoms with van der Waals surface area (Å²) in [4.78, 5) is 56.4. The molecular formula is C39H35NO9. The average molecular weight is 662 g/mol. The number of rotatable bonds is 8. The maximum atomic E-state index is 14.9. The van der Waals surface area contributed by atoms with Gasteiger partial charge in [-0.15, -0.1) is 0 Å². The Hall–Kier alpha value is -5.77. The summed E-state index contributed by atoms with van der Waals surface area (Å²) in [5, 5.41) is 0. The number of aliphatic imine (C=N–C) groups is 1. The molecule has 0 amide bonds. The van der Waals surface area contributed by atoms with Crippen LogP contribution in [-0.4, -0.2) is 43.6 Å². The van der Waals surface area contributed by atoms with Crippen LogP contribution in [0.25, 0.3) is 0 Å². The highest BCUT2D eigenvalue weighted by Gasteiger charge is 2.50. The predicted octanol–water partition coefficient (Wildman–Crippen LogP) is 6.89. The second-order valence-corrected chi connectivity index (χ2v) is 12.0. The molecule has 1 aliphatic carbocycles. The smallest absolute Gasteiger partial charge is 0.308 e. The molecule has 0 N–H and O–H groups in total. The number of hydrogen-bond donors (Lipinski definition) is 0. The number of nitrogens with zero attached hydrogens (tertiary/aromatic N) is 1. The van der Waals surface area contributed by atoms with Gasteiger partial charge in [0.1, 0.15) is 17.2 Å². The third-order valence-electron chi connectivity index (χ3n) is 8.87. The van der Waals surface area contributed by atoms with Crippen LogP contribution in [0.4, 0.5) is 0 Å². The lowest BCUT2D eigenvalue weighted by Crippen LogP contribution is -2.37. The number of Topliss-reactive ketones (excluding diaryl/α,β-unsaturated/α-hetero) is 1. The van der Waals surface area contributed by atoms with Crippen LogP contribution in [0.1, 0.15) is 89.7 Å². The molecule has 0 fully saturated rings. The maximum Gasteiger partial charge on any atom is 0.308 e. The highest BCUT2D eigenvalue weighted by atomic mass is 16.5. The van der Waals surface area contributed by atoms with Crippen LogP contribution >= 0.6 is 0 Å². The van der Waals surface area contributed by atoms with Gasteiger partial charge < -0.3 is 23.7 Å². The third kappa shape index (κ3) is 6.29. The fourth-order valence-electron chi connectivity index (χ4n) is 7.14. The molecule has 0 saturated carbocycles. The van der Waals surface area contributed by atoms with Gasteiger partial charge >= 0.3 is 17.9 Å². The molecule has 250 valence electrons. The van der Waals surface area contributed by atoms with Crippen molar-refractivity contribution < 1.29 is 42.9 Å². The van der Waals surface area contributed by atoms with E-state index in [9.17, 15) is 19.2 Å². The van der Waals surface area contributed by atoms with Crippen LogP contribution in [0, 0.1) is 0 Å². The highest BCUT2D eigenvalue weighted by Crippen LogP contribution is 2.61. The van der Waals surface area contributed by atoms with Crippen molar-refractivity contribution in [3.63, 3.8) is 0 Å². The summed E-state index contributed by atoms with van der Waals surface area (Å²) in [5.74, 6) is -1.91. The molecule has 49 heavy (non-hydrogen) atoms. The van der Waals surface area contributed by atoms with E-state index in [0.29, 0.717) is 39.7 Å². The Morgan fingerprint density at radius 3 is 1.80 bits per heavy atom. The minimum atomic E-state index is -0.769. The minimum Gasteiger partial charge on any atom is -0.493 e. The Bertz CT molecular complexity index is 2000. The zero-order valence-electron chi connectivity index (χ0n) is 27.9. The summed E-state index contributed by atoms with van der Waals surface area (Å²) in [7, 11) is 3.09. The van der Waals surface area contributed by atoms with E-state index in [-0.39, 0.29) is 17.3 Å². The molecule has 0 radical (unpaired) electrons. The lowest BCUT2D eigenvalue weighted by Gasteiger charge is -2.46. The topological polar surface area (TPSA) is 127 Å². The van der Waals surface area contributed by atoms with E-state index < -0.39 is 41.7 Å². The standard InChI is InChI=1S/C39H35NO9/c1-20-34-30(16-27(48-22(3)42)17-33(34)49-23(4)43)36-35(24-12-14-26(15-13-24)47-21(2)41)37(39(44)25-10-8-7-9-11-25)28-18-31(45-5)32(46-6)19-29(28)38(36)40-20/h7-19,35-38H,1-6H3/t35-,36-,37-,38+/m0/s1. The predicted molar refractivity (Wildman–Crippen MR) is 180 cm³/mol. The van der Waals surface area contributed by atoms with Gasteiger partial charge in [-0.3, -0.25) is 24.2 Å². The first-order valence-corrected chi connectivity index (χ1v) is 15.7. The summed E-state index contributed by atoms with van der Waals surface area (Å²) in [6, 6.07) is 22.5. The van der Waals surface area contributed by atoms with Crippen LogP contribution in [0.5, 0.6) is 28.7 Å². The van der Waals surface area contributed by atoms with Gasteiger partial charge in [0.25, 0.3) is 0 Å². The number of esters is 3. The molecule has 0 bridgehead atoms. The van der Waals surface area contributed by atoms with E-state index in [2.05, 4.69) is 0 Å². The molecule has 6 rings (SSSR count). The van der Waals surface area contributed by atoms with Crippen molar-refractivity contribution in [2.24, 2.45) is 4.99 Å². The molecule has 0 spiro atoms. The number of carbonyl (C=O) groups excluding carboxylic acids is 4. The molecule has 1 heterocycles. The van der Waals surface area contributed by atoms with E-state index in [1.165, 1.54) is 26.8 Å². The largest absolute Gasteiger partial charge is 0.493 e. The first-order chi connectivity index (χ1) is 23.5. The molecule has 4 aromatic carbocycles. The monoisotopic (exact) mass is 661 g/mol. The normalized spacial score (nSPS) is 18.9. The summed E-state index contributed by atoms with van der Waals surface area (Å²) in [5.41, 5.74) is 4.63. The number of carbonyl (C=O) groups is 4. The Balaban J connectivity index is 1.70. The van der Waals surface area contributed by atoms with Gasteiger partial charge in [-0.25, -0.2) is 0 Å².